The number of thioether (sulfide) groups is 1. The van der Waals surface area contributed by atoms with Crippen molar-refractivity contribution >= 4 is 17.8 Å². The molecule has 5 rings (SSSR count). The van der Waals surface area contributed by atoms with Crippen LogP contribution in [0.15, 0.2) is 77.8 Å². The van der Waals surface area contributed by atoms with Crippen LogP contribution in [0.4, 0.5) is 4.79 Å². The zero-order valence-electron chi connectivity index (χ0n) is 21.6. The fourth-order valence-corrected chi connectivity index (χ4v) is 5.31. The number of nitrogens with zero attached hydrogens (tertiary/aromatic N) is 4. The zero-order chi connectivity index (χ0) is 25.8. The van der Waals surface area contributed by atoms with Crippen LogP contribution >= 0.6 is 11.8 Å². The monoisotopic (exact) mass is 515 g/mol. The fourth-order valence-electron chi connectivity index (χ4n) is 4.90. The van der Waals surface area contributed by atoms with E-state index in [-0.39, 0.29) is 12.1 Å². The van der Waals surface area contributed by atoms with Crippen LogP contribution in [0.3, 0.4) is 0 Å². The second kappa shape index (κ2) is 11.3. The lowest BCUT2D eigenvalue weighted by molar-refractivity contribution is 0.143. The van der Waals surface area contributed by atoms with E-state index in [1.807, 2.05) is 47.7 Å². The van der Waals surface area contributed by atoms with E-state index in [1.165, 1.54) is 4.90 Å². The average molecular weight is 516 g/mol. The van der Waals surface area contributed by atoms with E-state index in [2.05, 4.69) is 64.8 Å². The van der Waals surface area contributed by atoms with Crippen LogP contribution in [0.25, 0.3) is 11.5 Å². The molecule has 0 fully saturated rings. The largest absolute Gasteiger partial charge is 0.382 e. The minimum absolute atomic E-state index is 0.0945. The maximum absolute atomic E-state index is 13.8. The number of amides is 2. The summed E-state index contributed by atoms with van der Waals surface area (Å²) in [5, 5.41) is 8.05. The standard InChI is InChI=1S/C29H33N5O2S/c1-4-36-19-9-17-30-29(35)33-20-25-21(2)31-34(23-10-6-5-7-11-23)28(25)32-18-8-12-26(32)27(33)22-13-15-24(37-3)16-14-22/h5-8,10-16,18,27H,4,9,17,19-20H2,1-3H3,(H,30,35). The predicted molar refractivity (Wildman–Crippen MR) is 148 cm³/mol. The zero-order valence-corrected chi connectivity index (χ0v) is 22.4. The average Bonchev–Trinajstić information content (AvgIpc) is 3.49. The van der Waals surface area contributed by atoms with E-state index in [0.717, 1.165) is 40.4 Å². The smallest absolute Gasteiger partial charge is 0.318 e. The highest BCUT2D eigenvalue weighted by Gasteiger charge is 2.35. The number of carbonyl (C=O) groups excluding carboxylic acids is 1. The van der Waals surface area contributed by atoms with E-state index in [1.54, 1.807) is 11.8 Å². The highest BCUT2D eigenvalue weighted by atomic mass is 32.2. The summed E-state index contributed by atoms with van der Waals surface area (Å²) in [7, 11) is 0. The molecular formula is C29H33N5O2S. The first-order valence-electron chi connectivity index (χ1n) is 12.7. The Morgan fingerprint density at radius 3 is 2.62 bits per heavy atom. The van der Waals surface area contributed by atoms with Crippen molar-refractivity contribution in [2.24, 2.45) is 0 Å². The van der Waals surface area contributed by atoms with Crippen molar-refractivity contribution in [2.75, 3.05) is 26.0 Å². The predicted octanol–water partition coefficient (Wildman–Crippen LogP) is 5.73. The third-order valence-corrected chi connectivity index (χ3v) is 7.47. The van der Waals surface area contributed by atoms with Gasteiger partial charge in [-0.15, -0.1) is 11.8 Å². The number of nitrogens with one attached hydrogen (secondary N) is 1. The van der Waals surface area contributed by atoms with Crippen LogP contribution in [0.1, 0.15) is 41.9 Å². The number of benzene rings is 2. The Morgan fingerprint density at radius 1 is 1.11 bits per heavy atom. The highest BCUT2D eigenvalue weighted by molar-refractivity contribution is 7.98. The summed E-state index contributed by atoms with van der Waals surface area (Å²) in [5.74, 6) is 0.973. The van der Waals surface area contributed by atoms with E-state index >= 15 is 0 Å². The number of para-hydroxylation sites is 1. The first-order chi connectivity index (χ1) is 18.1. The molecule has 0 bridgehead atoms. The van der Waals surface area contributed by atoms with Crippen molar-refractivity contribution in [3.8, 4) is 11.5 Å². The summed E-state index contributed by atoms with van der Waals surface area (Å²) in [6.45, 7) is 6.32. The van der Waals surface area contributed by atoms with E-state index in [0.29, 0.717) is 26.3 Å². The minimum atomic E-state index is -0.256. The van der Waals surface area contributed by atoms with Crippen LogP contribution < -0.4 is 5.32 Å². The Hall–Kier alpha value is -3.49. The van der Waals surface area contributed by atoms with Gasteiger partial charge in [-0.1, -0.05) is 30.3 Å². The van der Waals surface area contributed by atoms with Crippen molar-refractivity contribution in [3.63, 3.8) is 0 Å². The van der Waals surface area contributed by atoms with Gasteiger partial charge in [0.15, 0.2) is 0 Å². The number of rotatable bonds is 8. The molecule has 0 saturated carbocycles. The number of hydrogen-bond donors (Lipinski definition) is 1. The summed E-state index contributed by atoms with van der Waals surface area (Å²) in [5.41, 5.74) is 5.03. The Labute approximate surface area is 222 Å². The number of hydrogen-bond acceptors (Lipinski definition) is 4. The van der Waals surface area contributed by atoms with Gasteiger partial charge in [0.1, 0.15) is 5.82 Å². The number of carbonyl (C=O) groups is 1. The van der Waals surface area contributed by atoms with Crippen LogP contribution in [-0.2, 0) is 11.3 Å². The molecule has 2 amide bonds. The van der Waals surface area contributed by atoms with Crippen LogP contribution in [-0.4, -0.2) is 51.3 Å². The molecule has 0 spiro atoms. The minimum Gasteiger partial charge on any atom is -0.382 e. The molecular weight excluding hydrogens is 482 g/mol. The van der Waals surface area contributed by atoms with Gasteiger partial charge in [0.25, 0.3) is 0 Å². The van der Waals surface area contributed by atoms with Crippen molar-refractivity contribution in [1.82, 2.24) is 24.6 Å². The summed E-state index contributed by atoms with van der Waals surface area (Å²) in [6, 6.07) is 22.5. The lowest BCUT2D eigenvalue weighted by Crippen LogP contribution is -2.42. The second-order valence-corrected chi connectivity index (χ2v) is 9.90. The van der Waals surface area contributed by atoms with Gasteiger partial charge in [0.2, 0.25) is 0 Å². The van der Waals surface area contributed by atoms with E-state index in [4.69, 9.17) is 9.84 Å². The van der Waals surface area contributed by atoms with Crippen molar-refractivity contribution in [2.45, 2.75) is 37.8 Å². The van der Waals surface area contributed by atoms with Gasteiger partial charge >= 0.3 is 6.03 Å². The van der Waals surface area contributed by atoms with Crippen LogP contribution in [0.5, 0.6) is 0 Å². The number of ether oxygens (including phenoxy) is 1. The normalized spacial score (nSPS) is 14.7. The van der Waals surface area contributed by atoms with Gasteiger partial charge < -0.3 is 19.5 Å². The molecule has 1 aliphatic rings. The lowest BCUT2D eigenvalue weighted by Gasteiger charge is -2.31. The topological polar surface area (TPSA) is 64.3 Å². The first-order valence-corrected chi connectivity index (χ1v) is 13.9. The Balaban J connectivity index is 1.60. The summed E-state index contributed by atoms with van der Waals surface area (Å²) in [6.07, 6.45) is 4.91. The second-order valence-electron chi connectivity index (χ2n) is 9.02. The third-order valence-electron chi connectivity index (χ3n) is 6.73. The van der Waals surface area contributed by atoms with Gasteiger partial charge in [0.05, 0.1) is 29.7 Å². The van der Waals surface area contributed by atoms with Gasteiger partial charge in [-0.3, -0.25) is 0 Å². The molecule has 192 valence electrons. The van der Waals surface area contributed by atoms with Crippen molar-refractivity contribution in [1.29, 1.82) is 0 Å². The third kappa shape index (κ3) is 5.04. The molecule has 2 aromatic carbocycles. The molecule has 4 aromatic rings. The summed E-state index contributed by atoms with van der Waals surface area (Å²) in [4.78, 5) is 16.9. The maximum atomic E-state index is 13.8. The first kappa shape index (κ1) is 25.2. The number of fused-ring (bicyclic) bond motifs is 3. The van der Waals surface area contributed by atoms with Crippen LogP contribution in [0, 0.1) is 6.92 Å². The molecule has 8 heteroatoms. The summed E-state index contributed by atoms with van der Waals surface area (Å²) >= 11 is 1.71. The van der Waals surface area contributed by atoms with Crippen molar-refractivity contribution < 1.29 is 9.53 Å². The molecule has 1 aliphatic heterocycles. The number of aromatic nitrogens is 3. The molecule has 1 N–H and O–H groups in total. The molecule has 7 nitrogen and oxygen atoms in total. The molecule has 0 saturated heterocycles. The summed E-state index contributed by atoms with van der Waals surface area (Å²) < 4.78 is 9.64. The van der Waals surface area contributed by atoms with E-state index in [9.17, 15) is 4.79 Å². The lowest BCUT2D eigenvalue weighted by atomic mass is 10.0. The number of aryl methyl sites for hydroxylation is 1. The fraction of sp³-hybridized carbons (Fsp3) is 0.310. The van der Waals surface area contributed by atoms with Gasteiger partial charge in [-0.25, -0.2) is 9.48 Å². The van der Waals surface area contributed by atoms with Gasteiger partial charge in [-0.05, 0) is 68.5 Å². The van der Waals surface area contributed by atoms with Crippen molar-refractivity contribution in [3.05, 3.63) is 95.4 Å². The highest BCUT2D eigenvalue weighted by Crippen LogP contribution is 2.38. The van der Waals surface area contributed by atoms with Gasteiger partial charge in [0, 0.05) is 36.4 Å². The molecule has 2 aromatic heterocycles. The molecule has 0 radical (unpaired) electrons. The number of urea groups is 1. The molecule has 1 unspecified atom stereocenters. The molecule has 1 atom stereocenters. The molecule has 37 heavy (non-hydrogen) atoms. The Bertz CT molecular complexity index is 1350. The van der Waals surface area contributed by atoms with Gasteiger partial charge in [-0.2, -0.15) is 5.10 Å². The molecule has 3 heterocycles. The Morgan fingerprint density at radius 2 is 1.89 bits per heavy atom. The quantitative estimate of drug-likeness (QED) is 0.240. The SMILES string of the molecule is CCOCCCNC(=O)N1Cc2c(C)nn(-c3ccccc3)c2-n2cccc2C1c1ccc(SC)cc1. The Kier molecular flexibility index (Phi) is 7.67. The molecule has 0 aliphatic carbocycles. The van der Waals surface area contributed by atoms with E-state index < -0.39 is 0 Å². The maximum Gasteiger partial charge on any atom is 0.318 e. The van der Waals surface area contributed by atoms with Crippen LogP contribution in [0.2, 0.25) is 0 Å².